The zero-order chi connectivity index (χ0) is 22.6. The third-order valence-corrected chi connectivity index (χ3v) is 6.41. The van der Waals surface area contributed by atoms with Gasteiger partial charge in [0.05, 0.1) is 13.2 Å². The van der Waals surface area contributed by atoms with Gasteiger partial charge in [-0.25, -0.2) is 4.39 Å². The number of benzene rings is 3. The van der Waals surface area contributed by atoms with Crippen LogP contribution in [0, 0.1) is 5.82 Å². The van der Waals surface area contributed by atoms with Gasteiger partial charge in [0.1, 0.15) is 5.82 Å². The third kappa shape index (κ3) is 4.55. The molecule has 0 spiro atoms. The zero-order valence-corrected chi connectivity index (χ0v) is 18.5. The molecule has 5 rings (SSSR count). The number of morpholine rings is 1. The third-order valence-electron chi connectivity index (χ3n) is 6.41. The molecule has 0 unspecified atom stereocenters. The second-order valence-corrected chi connectivity index (χ2v) is 8.49. The van der Waals surface area contributed by atoms with E-state index in [1.807, 2.05) is 41.3 Å². The first kappa shape index (κ1) is 21.4. The van der Waals surface area contributed by atoms with Crippen molar-refractivity contribution in [2.45, 2.75) is 18.9 Å². The molecule has 0 N–H and O–H groups in total. The van der Waals surface area contributed by atoms with E-state index in [1.54, 1.807) is 12.1 Å². The number of carbonyl (C=O) groups is 1. The summed E-state index contributed by atoms with van der Waals surface area (Å²) in [6, 6.07) is 25.3. The van der Waals surface area contributed by atoms with Crippen LogP contribution in [-0.4, -0.2) is 41.7 Å². The van der Waals surface area contributed by atoms with Crippen LogP contribution in [0.4, 0.5) is 4.39 Å². The van der Waals surface area contributed by atoms with E-state index in [9.17, 15) is 4.79 Å². The summed E-state index contributed by atoms with van der Waals surface area (Å²) in [4.78, 5) is 15.1. The molecular weight excluding hydrogens is 415 g/mol. The van der Waals surface area contributed by atoms with Crippen molar-refractivity contribution in [3.8, 4) is 0 Å². The van der Waals surface area contributed by atoms with Gasteiger partial charge in [-0.05, 0) is 28.8 Å². The van der Waals surface area contributed by atoms with Gasteiger partial charge in [0.25, 0.3) is 0 Å². The average Bonchev–Trinajstić information content (AvgIpc) is 3.22. The van der Waals surface area contributed by atoms with Crippen molar-refractivity contribution < 1.29 is 13.9 Å². The van der Waals surface area contributed by atoms with Crippen molar-refractivity contribution in [3.05, 3.63) is 108 Å². The van der Waals surface area contributed by atoms with E-state index in [4.69, 9.17) is 4.74 Å². The summed E-state index contributed by atoms with van der Waals surface area (Å²) < 4.78 is 22.6. The number of ether oxygens (including phenoxy) is 1. The van der Waals surface area contributed by atoms with Gasteiger partial charge >= 0.3 is 0 Å². The number of para-hydroxylation sites is 1. The summed E-state index contributed by atoms with van der Waals surface area (Å²) in [6.07, 6.45) is 2.32. The van der Waals surface area contributed by atoms with Gasteiger partial charge < -0.3 is 14.2 Å². The standard InChI is InChI=1S/C28H27FN2O2/c29-26-12-6-4-10-22(26)24(18-28(32)30-14-16-33-17-15-30)25-20-31(19-21-8-2-1-3-9-21)27-13-7-5-11-23(25)27/h1-13,20,24H,14-19H2/t24-/m1/s1. The predicted octanol–water partition coefficient (Wildman–Crippen LogP) is 5.21. The van der Waals surface area contributed by atoms with Crippen LogP contribution in [0.15, 0.2) is 85.1 Å². The summed E-state index contributed by atoms with van der Waals surface area (Å²) in [6.45, 7) is 2.97. The molecule has 0 aliphatic carbocycles. The molecule has 1 aliphatic heterocycles. The maximum Gasteiger partial charge on any atom is 0.223 e. The summed E-state index contributed by atoms with van der Waals surface area (Å²) >= 11 is 0. The van der Waals surface area contributed by atoms with Gasteiger partial charge in [-0.1, -0.05) is 66.7 Å². The Labute approximate surface area is 193 Å². The van der Waals surface area contributed by atoms with Gasteiger partial charge in [0, 0.05) is 49.1 Å². The minimum absolute atomic E-state index is 0.0337. The number of carbonyl (C=O) groups excluding carboxylic acids is 1. The molecule has 4 aromatic rings. The number of halogens is 1. The van der Waals surface area contributed by atoms with Crippen LogP contribution in [0.5, 0.6) is 0 Å². The Morgan fingerprint density at radius 3 is 2.36 bits per heavy atom. The predicted molar refractivity (Wildman–Crippen MR) is 128 cm³/mol. The summed E-state index contributed by atoms with van der Waals surface area (Å²) in [5.41, 5.74) is 3.81. The Bertz CT molecular complexity index is 1250. The van der Waals surface area contributed by atoms with E-state index < -0.39 is 0 Å². The molecule has 1 atom stereocenters. The molecule has 33 heavy (non-hydrogen) atoms. The molecule has 1 aliphatic rings. The van der Waals surface area contributed by atoms with Crippen molar-refractivity contribution in [1.29, 1.82) is 0 Å². The molecule has 5 heteroatoms. The van der Waals surface area contributed by atoms with E-state index in [0.717, 1.165) is 16.5 Å². The lowest BCUT2D eigenvalue weighted by Gasteiger charge is -2.28. The number of aromatic nitrogens is 1. The summed E-state index contributed by atoms with van der Waals surface area (Å²) in [5.74, 6) is -0.618. The average molecular weight is 443 g/mol. The normalized spacial score (nSPS) is 15.0. The number of rotatable bonds is 6. The minimum atomic E-state index is -0.372. The molecule has 1 aromatic heterocycles. The zero-order valence-electron chi connectivity index (χ0n) is 18.5. The number of nitrogens with zero attached hydrogens (tertiary/aromatic N) is 2. The highest BCUT2D eigenvalue weighted by molar-refractivity contribution is 5.87. The van der Waals surface area contributed by atoms with E-state index in [2.05, 4.69) is 35.0 Å². The van der Waals surface area contributed by atoms with Crippen molar-refractivity contribution >= 4 is 16.8 Å². The second kappa shape index (κ2) is 9.59. The van der Waals surface area contributed by atoms with Gasteiger partial charge in [0.15, 0.2) is 0 Å². The van der Waals surface area contributed by atoms with Gasteiger partial charge in [-0.3, -0.25) is 4.79 Å². The molecule has 1 fully saturated rings. The molecule has 0 radical (unpaired) electrons. The Morgan fingerprint density at radius 1 is 0.879 bits per heavy atom. The highest BCUT2D eigenvalue weighted by Gasteiger charge is 2.27. The highest BCUT2D eigenvalue weighted by atomic mass is 19.1. The molecule has 2 heterocycles. The van der Waals surface area contributed by atoms with Gasteiger partial charge in [-0.2, -0.15) is 0 Å². The lowest BCUT2D eigenvalue weighted by molar-refractivity contribution is -0.135. The number of amides is 1. The van der Waals surface area contributed by atoms with Gasteiger partial charge in [-0.15, -0.1) is 0 Å². The molecule has 0 bridgehead atoms. The van der Waals surface area contributed by atoms with Crippen LogP contribution in [0.25, 0.3) is 10.9 Å². The summed E-state index contributed by atoms with van der Waals surface area (Å²) in [7, 11) is 0. The maximum absolute atomic E-state index is 15.0. The van der Waals surface area contributed by atoms with Crippen molar-refractivity contribution in [1.82, 2.24) is 9.47 Å². The van der Waals surface area contributed by atoms with Gasteiger partial charge in [0.2, 0.25) is 5.91 Å². The maximum atomic E-state index is 15.0. The fourth-order valence-corrected chi connectivity index (χ4v) is 4.73. The smallest absolute Gasteiger partial charge is 0.223 e. The van der Waals surface area contributed by atoms with Crippen molar-refractivity contribution in [2.24, 2.45) is 0 Å². The molecule has 0 saturated carbocycles. The van der Waals surface area contributed by atoms with Crippen LogP contribution in [0.1, 0.15) is 29.0 Å². The van der Waals surface area contributed by atoms with E-state index in [-0.39, 0.29) is 24.1 Å². The fraction of sp³-hybridized carbons (Fsp3) is 0.250. The quantitative estimate of drug-likeness (QED) is 0.411. The van der Waals surface area contributed by atoms with Crippen LogP contribution < -0.4 is 0 Å². The molecule has 168 valence electrons. The summed E-state index contributed by atoms with van der Waals surface area (Å²) in [5, 5.41) is 1.05. The monoisotopic (exact) mass is 442 g/mol. The van der Waals surface area contributed by atoms with Crippen molar-refractivity contribution in [2.75, 3.05) is 26.3 Å². The number of hydrogen-bond acceptors (Lipinski definition) is 2. The topological polar surface area (TPSA) is 34.5 Å². The fourth-order valence-electron chi connectivity index (χ4n) is 4.73. The number of hydrogen-bond donors (Lipinski definition) is 0. The Balaban J connectivity index is 1.58. The van der Waals surface area contributed by atoms with Crippen molar-refractivity contribution in [3.63, 3.8) is 0 Å². The minimum Gasteiger partial charge on any atom is -0.378 e. The Morgan fingerprint density at radius 2 is 1.58 bits per heavy atom. The highest BCUT2D eigenvalue weighted by Crippen LogP contribution is 2.36. The van der Waals surface area contributed by atoms with E-state index in [0.29, 0.717) is 38.4 Å². The van der Waals surface area contributed by atoms with E-state index >= 15 is 4.39 Å². The molecule has 1 amide bonds. The first-order valence-corrected chi connectivity index (χ1v) is 11.4. The van der Waals surface area contributed by atoms with Crippen LogP contribution >= 0.6 is 0 Å². The van der Waals surface area contributed by atoms with Crippen LogP contribution in [0.3, 0.4) is 0 Å². The molecule has 3 aromatic carbocycles. The van der Waals surface area contributed by atoms with Crippen LogP contribution in [-0.2, 0) is 16.1 Å². The lowest BCUT2D eigenvalue weighted by Crippen LogP contribution is -2.41. The van der Waals surface area contributed by atoms with E-state index in [1.165, 1.54) is 11.6 Å². The molecule has 4 nitrogen and oxygen atoms in total. The first-order chi connectivity index (χ1) is 16.2. The first-order valence-electron chi connectivity index (χ1n) is 11.4. The lowest BCUT2D eigenvalue weighted by atomic mass is 9.87. The molecule has 1 saturated heterocycles. The Hall–Kier alpha value is -3.44. The largest absolute Gasteiger partial charge is 0.378 e. The SMILES string of the molecule is O=C(C[C@H](c1ccccc1F)c1cn(Cc2ccccc2)c2ccccc12)N1CCOCC1. The van der Waals surface area contributed by atoms with Crippen LogP contribution in [0.2, 0.25) is 0 Å². The number of fused-ring (bicyclic) bond motifs is 1. The molecular formula is C28H27FN2O2. The Kier molecular flexibility index (Phi) is 6.22. The second-order valence-electron chi connectivity index (χ2n) is 8.49.